The third-order valence-corrected chi connectivity index (χ3v) is 4.08. The number of aromatic carboxylic acids is 4. The molecule has 0 aliphatic heterocycles. The molecule has 8 heteroatoms. The maximum atomic E-state index is 10.2. The number of carbonyl (C=O) groups is 4. The van der Waals surface area contributed by atoms with Crippen molar-refractivity contribution >= 4 is 23.9 Å². The van der Waals surface area contributed by atoms with Crippen molar-refractivity contribution in [2.45, 2.75) is 7.43 Å². The second-order valence-corrected chi connectivity index (χ2v) is 6.68. The van der Waals surface area contributed by atoms with E-state index in [0.29, 0.717) is 22.3 Å². The molecule has 4 aromatic rings. The molecule has 8 nitrogen and oxygen atoms in total. The molecule has 0 aliphatic carbocycles. The van der Waals surface area contributed by atoms with Crippen molar-refractivity contribution < 1.29 is 39.6 Å². The maximum absolute atomic E-state index is 10.2. The van der Waals surface area contributed by atoms with Crippen LogP contribution in [-0.2, 0) is 0 Å². The molecule has 0 saturated carbocycles. The summed E-state index contributed by atoms with van der Waals surface area (Å²) >= 11 is 0. The summed E-state index contributed by atoms with van der Waals surface area (Å²) in [4.78, 5) is 40.8. The molecule has 4 rings (SSSR count). The second-order valence-electron chi connectivity index (χ2n) is 6.68. The first-order valence-electron chi connectivity index (χ1n) is 10.4. The van der Waals surface area contributed by atoms with Gasteiger partial charge in [-0.3, -0.25) is 0 Å². The zero-order valence-electron chi connectivity index (χ0n) is 19.0. The lowest BCUT2D eigenvalue weighted by atomic mass is 10.2. The molecule has 0 unspecified atom stereocenters. The Morgan fingerprint density at radius 1 is 0.324 bits per heavy atom. The zero-order valence-corrected chi connectivity index (χ0v) is 19.0. The molecule has 0 fully saturated rings. The highest BCUT2D eigenvalue weighted by Crippen LogP contribution is 1.98. The van der Waals surface area contributed by atoms with Crippen LogP contribution in [0.4, 0.5) is 0 Å². The van der Waals surface area contributed by atoms with Crippen LogP contribution in [-0.4, -0.2) is 44.3 Å². The number of benzene rings is 4. The van der Waals surface area contributed by atoms with Crippen molar-refractivity contribution in [1.29, 1.82) is 0 Å². The molecule has 0 spiro atoms. The number of rotatable bonds is 4. The lowest BCUT2D eigenvalue weighted by Crippen LogP contribution is -1.93. The smallest absolute Gasteiger partial charge is 0.335 e. The van der Waals surface area contributed by atoms with Crippen LogP contribution in [0, 0.1) is 0 Å². The highest BCUT2D eigenvalue weighted by Gasteiger charge is 1.98. The van der Waals surface area contributed by atoms with Crippen LogP contribution in [0.1, 0.15) is 48.9 Å². The van der Waals surface area contributed by atoms with Gasteiger partial charge >= 0.3 is 23.9 Å². The third kappa shape index (κ3) is 13.9. The van der Waals surface area contributed by atoms with E-state index in [0.717, 1.165) is 0 Å². The summed E-state index contributed by atoms with van der Waals surface area (Å²) in [6.07, 6.45) is 0. The van der Waals surface area contributed by atoms with Gasteiger partial charge in [0, 0.05) is 0 Å². The van der Waals surface area contributed by atoms with Gasteiger partial charge < -0.3 is 20.4 Å². The van der Waals surface area contributed by atoms with E-state index >= 15 is 0 Å². The van der Waals surface area contributed by atoms with Gasteiger partial charge in [-0.2, -0.15) is 0 Å². The van der Waals surface area contributed by atoms with Gasteiger partial charge in [0.05, 0.1) is 22.3 Å². The summed E-state index contributed by atoms with van der Waals surface area (Å²) in [5.74, 6) is -3.52. The molecule has 0 saturated heterocycles. The quantitative estimate of drug-likeness (QED) is 0.257. The summed E-state index contributed by atoms with van der Waals surface area (Å²) in [6.45, 7) is 0. The lowest BCUT2D eigenvalue weighted by molar-refractivity contribution is 0.0686. The highest BCUT2D eigenvalue weighted by atomic mass is 16.4. The summed E-state index contributed by atoms with van der Waals surface area (Å²) in [5.41, 5.74) is 1.32. The first-order chi connectivity index (χ1) is 17.2. The van der Waals surface area contributed by atoms with E-state index in [2.05, 4.69) is 0 Å². The molecular weight excluding hydrogens is 476 g/mol. The van der Waals surface area contributed by atoms with Crippen LogP contribution >= 0.6 is 0 Å². The van der Waals surface area contributed by atoms with E-state index in [1.807, 2.05) is 0 Å². The zero-order chi connectivity index (χ0) is 26.8. The molecule has 0 amide bonds. The van der Waals surface area contributed by atoms with Gasteiger partial charge in [0.2, 0.25) is 0 Å². The summed E-state index contributed by atoms with van der Waals surface area (Å²) in [5, 5.41) is 33.5. The molecule has 0 bridgehead atoms. The fourth-order valence-corrected chi connectivity index (χ4v) is 2.32. The number of hydrogen-bond acceptors (Lipinski definition) is 4. The maximum Gasteiger partial charge on any atom is 0.335 e. The number of carboxylic acids is 4. The van der Waals surface area contributed by atoms with Crippen LogP contribution in [0.5, 0.6) is 0 Å². The van der Waals surface area contributed by atoms with Crippen molar-refractivity contribution in [3.8, 4) is 0 Å². The Hall–Kier alpha value is -5.24. The molecule has 0 atom stereocenters. The van der Waals surface area contributed by atoms with Crippen LogP contribution in [0.3, 0.4) is 0 Å². The van der Waals surface area contributed by atoms with E-state index in [4.69, 9.17) is 20.4 Å². The second kappa shape index (κ2) is 18.1. The lowest BCUT2D eigenvalue weighted by Gasteiger charge is -1.88. The van der Waals surface area contributed by atoms with Gasteiger partial charge in [-0.1, -0.05) is 80.2 Å². The average molecular weight is 505 g/mol. The van der Waals surface area contributed by atoms with Gasteiger partial charge in [0.25, 0.3) is 0 Å². The minimum absolute atomic E-state index is 0. The SMILES string of the molecule is C.O=C(O)c1ccccc1.O=C(O)c1ccccc1.O=C(O)c1ccccc1.O=C(O)c1ccccc1. The predicted octanol–water partition coefficient (Wildman–Crippen LogP) is 6.18. The van der Waals surface area contributed by atoms with Gasteiger partial charge in [-0.25, -0.2) is 19.2 Å². The first kappa shape index (κ1) is 31.8. The minimum Gasteiger partial charge on any atom is -0.478 e. The molecule has 37 heavy (non-hydrogen) atoms. The van der Waals surface area contributed by atoms with Crippen LogP contribution < -0.4 is 0 Å². The van der Waals surface area contributed by atoms with E-state index in [9.17, 15) is 19.2 Å². The molecule has 0 aromatic heterocycles. The van der Waals surface area contributed by atoms with Crippen LogP contribution in [0.15, 0.2) is 121 Å². The van der Waals surface area contributed by atoms with Crippen LogP contribution in [0.25, 0.3) is 0 Å². The Balaban J connectivity index is 0.000000463. The largest absolute Gasteiger partial charge is 0.478 e. The Kier molecular flexibility index (Phi) is 15.6. The topological polar surface area (TPSA) is 149 Å². The van der Waals surface area contributed by atoms with Gasteiger partial charge in [0.1, 0.15) is 0 Å². The fraction of sp³-hybridized carbons (Fsp3) is 0.0345. The Morgan fingerprint density at radius 2 is 0.459 bits per heavy atom. The van der Waals surface area contributed by atoms with Crippen molar-refractivity contribution in [3.63, 3.8) is 0 Å². The Morgan fingerprint density at radius 3 is 0.541 bits per heavy atom. The Labute approximate surface area is 214 Å². The van der Waals surface area contributed by atoms with Gasteiger partial charge in [-0.05, 0) is 48.5 Å². The summed E-state index contributed by atoms with van der Waals surface area (Å²) in [6, 6.07) is 33.2. The molecule has 192 valence electrons. The standard InChI is InChI=1S/4C7H6O2.CH4/c4*8-7(9)6-4-2-1-3-5-6;/h4*1-5H,(H,8,9);1H4. The molecule has 4 N–H and O–H groups in total. The third-order valence-electron chi connectivity index (χ3n) is 4.08. The monoisotopic (exact) mass is 504 g/mol. The van der Waals surface area contributed by atoms with Gasteiger partial charge in [0.15, 0.2) is 0 Å². The minimum atomic E-state index is -0.879. The molecule has 0 radical (unpaired) electrons. The fourth-order valence-electron chi connectivity index (χ4n) is 2.32. The average Bonchev–Trinajstić information content (AvgIpc) is 2.92. The Bertz CT molecular complexity index is 1010. The summed E-state index contributed by atoms with van der Waals surface area (Å²) in [7, 11) is 0. The molecular formula is C29H28O8. The van der Waals surface area contributed by atoms with Gasteiger partial charge in [-0.15, -0.1) is 0 Å². The molecule has 4 aromatic carbocycles. The predicted molar refractivity (Wildman–Crippen MR) is 140 cm³/mol. The summed E-state index contributed by atoms with van der Waals surface area (Å²) < 4.78 is 0. The van der Waals surface area contributed by atoms with E-state index in [1.165, 1.54) is 0 Å². The highest BCUT2D eigenvalue weighted by molar-refractivity contribution is 5.88. The van der Waals surface area contributed by atoms with Crippen molar-refractivity contribution in [1.82, 2.24) is 0 Å². The van der Waals surface area contributed by atoms with Crippen LogP contribution in [0.2, 0.25) is 0 Å². The normalized spacial score (nSPS) is 8.65. The molecule has 0 aliphatic rings. The van der Waals surface area contributed by atoms with Crippen molar-refractivity contribution in [3.05, 3.63) is 144 Å². The van der Waals surface area contributed by atoms with E-state index in [-0.39, 0.29) is 7.43 Å². The first-order valence-corrected chi connectivity index (χ1v) is 10.4. The number of hydrogen-bond donors (Lipinski definition) is 4. The number of carboxylic acid groups (broad SMARTS) is 4. The molecule has 0 heterocycles. The van der Waals surface area contributed by atoms with Crippen molar-refractivity contribution in [2.75, 3.05) is 0 Å². The van der Waals surface area contributed by atoms with E-state index in [1.54, 1.807) is 121 Å². The van der Waals surface area contributed by atoms with Crippen molar-refractivity contribution in [2.24, 2.45) is 0 Å². The van der Waals surface area contributed by atoms with E-state index < -0.39 is 23.9 Å².